The Balaban J connectivity index is 1.30. The minimum absolute atomic E-state index is 0.144. The van der Waals surface area contributed by atoms with Crippen LogP contribution in [-0.4, -0.2) is 29.0 Å². The monoisotopic (exact) mass is 618 g/mol. The molecule has 0 saturated heterocycles. The van der Waals surface area contributed by atoms with Gasteiger partial charge in [-0.2, -0.15) is 0 Å². The van der Waals surface area contributed by atoms with E-state index < -0.39 is 12.2 Å². The van der Waals surface area contributed by atoms with Crippen molar-refractivity contribution in [2.24, 2.45) is 11.8 Å². The van der Waals surface area contributed by atoms with Gasteiger partial charge in [-0.3, -0.25) is 0 Å². The van der Waals surface area contributed by atoms with Crippen LogP contribution in [0, 0.1) is 15.4 Å². The zero-order valence-electron chi connectivity index (χ0n) is 20.2. The van der Waals surface area contributed by atoms with Gasteiger partial charge in [-0.05, 0) is 78.7 Å². The van der Waals surface area contributed by atoms with Gasteiger partial charge in [0.05, 0.1) is 42.0 Å². The van der Waals surface area contributed by atoms with Crippen LogP contribution >= 0.6 is 34.2 Å². The maximum atomic E-state index is 11.5. The van der Waals surface area contributed by atoms with Crippen molar-refractivity contribution in [1.29, 1.82) is 0 Å². The third-order valence-electron chi connectivity index (χ3n) is 8.52. The molecule has 4 aromatic rings. The topological polar surface area (TPSA) is 75.1 Å². The van der Waals surface area contributed by atoms with Crippen LogP contribution in [0.15, 0.2) is 43.2 Å². The number of aromatic nitrogens is 4. The van der Waals surface area contributed by atoms with Crippen LogP contribution in [0.2, 0.25) is 5.02 Å². The van der Waals surface area contributed by atoms with Crippen LogP contribution in [0.25, 0.3) is 11.0 Å². The molecule has 2 aliphatic rings. The largest absolute Gasteiger partial charge is 0.388 e. The first-order valence-electron chi connectivity index (χ1n) is 13.1. The van der Waals surface area contributed by atoms with Crippen LogP contribution in [0.1, 0.15) is 92.9 Å². The Hall–Kier alpha value is -1.68. The molecule has 0 aromatic carbocycles. The van der Waals surface area contributed by atoms with Gasteiger partial charge in [0.15, 0.2) is 0 Å². The smallest absolute Gasteiger partial charge is 0.116 e. The highest BCUT2D eigenvalue weighted by Crippen LogP contribution is 2.44. The average Bonchev–Trinajstić information content (AvgIpc) is 3.56. The van der Waals surface area contributed by atoms with E-state index in [9.17, 15) is 10.2 Å². The van der Waals surface area contributed by atoms with Crippen molar-refractivity contribution in [2.45, 2.75) is 75.9 Å². The van der Waals surface area contributed by atoms with Crippen molar-refractivity contribution in [2.75, 3.05) is 0 Å². The van der Waals surface area contributed by atoms with Gasteiger partial charge in [-0.15, -0.1) is 0 Å². The van der Waals surface area contributed by atoms with Gasteiger partial charge in [-0.1, -0.05) is 37.3 Å². The average molecular weight is 619 g/mol. The number of aliphatic hydroxyl groups is 2. The Kier molecular flexibility index (Phi) is 7.01. The maximum Gasteiger partial charge on any atom is 0.116 e. The SMILES string of the molecule is OC(c1c(I)ccn2cncc12)C1CCCC(c2ncc3c(C(O)C4CCCCC4)c(Cl)ccn23)C1. The van der Waals surface area contributed by atoms with Crippen molar-refractivity contribution >= 4 is 45.2 Å². The standard InChI is InChI=1S/C28H32ClIN4O2/c29-20-9-12-34-23(24(20)26(35)17-5-2-1-3-6-17)15-32-28(34)19-8-4-7-18(13-19)27(36)25-21(30)10-11-33-16-31-14-22(25)33/h9-12,14-19,26-27,35-36H,1-8,13H2. The Morgan fingerprint density at radius 1 is 0.889 bits per heavy atom. The van der Waals surface area contributed by atoms with E-state index in [4.69, 9.17) is 16.6 Å². The number of pyridine rings is 2. The summed E-state index contributed by atoms with van der Waals surface area (Å²) in [5.41, 5.74) is 3.67. The molecule has 36 heavy (non-hydrogen) atoms. The van der Waals surface area contributed by atoms with Crippen molar-refractivity contribution < 1.29 is 10.2 Å². The minimum atomic E-state index is -0.565. The number of imidazole rings is 2. The summed E-state index contributed by atoms with van der Waals surface area (Å²) in [6.45, 7) is 0. The van der Waals surface area contributed by atoms with Crippen molar-refractivity contribution in [3.8, 4) is 0 Å². The Morgan fingerprint density at radius 2 is 1.67 bits per heavy atom. The lowest BCUT2D eigenvalue weighted by Gasteiger charge is -2.32. The van der Waals surface area contributed by atoms with Crippen molar-refractivity contribution in [3.63, 3.8) is 0 Å². The molecule has 0 bridgehead atoms. The number of hydrogen-bond donors (Lipinski definition) is 2. The van der Waals surface area contributed by atoms with E-state index in [2.05, 4.69) is 32.0 Å². The number of nitrogens with zero attached hydrogens (tertiary/aromatic N) is 4. The molecule has 2 saturated carbocycles. The molecule has 2 fully saturated rings. The second-order valence-corrected chi connectivity index (χ2v) is 12.2. The van der Waals surface area contributed by atoms with Crippen LogP contribution in [0.5, 0.6) is 0 Å². The number of halogens is 2. The van der Waals surface area contributed by atoms with E-state index in [0.29, 0.717) is 5.02 Å². The normalized spacial score (nSPS) is 23.3. The summed E-state index contributed by atoms with van der Waals surface area (Å²) in [4.78, 5) is 9.16. The Morgan fingerprint density at radius 3 is 2.50 bits per heavy atom. The summed E-state index contributed by atoms with van der Waals surface area (Å²) in [7, 11) is 0. The quantitative estimate of drug-likeness (QED) is 0.240. The Labute approximate surface area is 229 Å². The number of fused-ring (bicyclic) bond motifs is 2. The van der Waals surface area contributed by atoms with E-state index in [0.717, 1.165) is 70.1 Å². The lowest BCUT2D eigenvalue weighted by molar-refractivity contribution is 0.0783. The molecule has 6 rings (SSSR count). The first-order chi connectivity index (χ1) is 17.5. The maximum absolute atomic E-state index is 11.5. The summed E-state index contributed by atoms with van der Waals surface area (Å²) in [5.74, 6) is 1.64. The second-order valence-electron chi connectivity index (χ2n) is 10.6. The van der Waals surface area contributed by atoms with Crippen LogP contribution < -0.4 is 0 Å². The molecule has 4 aromatic heterocycles. The molecule has 4 unspecified atom stereocenters. The first-order valence-corrected chi connectivity index (χ1v) is 14.6. The predicted molar refractivity (Wildman–Crippen MR) is 149 cm³/mol. The summed E-state index contributed by atoms with van der Waals surface area (Å²) in [6, 6.07) is 3.94. The third kappa shape index (κ3) is 4.36. The summed E-state index contributed by atoms with van der Waals surface area (Å²) >= 11 is 8.98. The molecule has 6 nitrogen and oxygen atoms in total. The fraction of sp³-hybridized carbons (Fsp3) is 0.500. The van der Waals surface area contributed by atoms with Crippen LogP contribution in [-0.2, 0) is 0 Å². The number of rotatable bonds is 5. The third-order valence-corrected chi connectivity index (χ3v) is 9.79. The summed E-state index contributed by atoms with van der Waals surface area (Å²) in [5, 5.41) is 23.5. The summed E-state index contributed by atoms with van der Waals surface area (Å²) in [6.07, 6.45) is 18.0. The molecule has 0 amide bonds. The van der Waals surface area contributed by atoms with Gasteiger partial charge in [0.1, 0.15) is 5.82 Å². The van der Waals surface area contributed by atoms with Gasteiger partial charge in [0, 0.05) is 38.0 Å². The highest BCUT2D eigenvalue weighted by atomic mass is 127. The molecular formula is C28H32ClIN4O2. The van der Waals surface area contributed by atoms with Crippen molar-refractivity contribution in [1.82, 2.24) is 18.8 Å². The van der Waals surface area contributed by atoms with E-state index in [1.807, 2.05) is 41.3 Å². The molecular weight excluding hydrogens is 587 g/mol. The molecule has 4 atom stereocenters. The summed E-state index contributed by atoms with van der Waals surface area (Å²) < 4.78 is 5.18. The number of hydrogen-bond acceptors (Lipinski definition) is 4. The van der Waals surface area contributed by atoms with Gasteiger partial charge >= 0.3 is 0 Å². The highest BCUT2D eigenvalue weighted by molar-refractivity contribution is 14.1. The minimum Gasteiger partial charge on any atom is -0.388 e. The van der Waals surface area contributed by atoms with E-state index >= 15 is 0 Å². The fourth-order valence-electron chi connectivity index (χ4n) is 6.63. The van der Waals surface area contributed by atoms with Gasteiger partial charge in [0.25, 0.3) is 0 Å². The molecule has 0 radical (unpaired) electrons. The number of aliphatic hydroxyl groups excluding tert-OH is 2. The van der Waals surface area contributed by atoms with Crippen LogP contribution in [0.3, 0.4) is 0 Å². The second kappa shape index (κ2) is 10.2. The molecule has 2 aliphatic carbocycles. The molecule has 4 heterocycles. The Bertz CT molecular complexity index is 1380. The predicted octanol–water partition coefficient (Wildman–Crippen LogP) is 6.86. The first kappa shape index (κ1) is 24.6. The lowest BCUT2D eigenvalue weighted by atomic mass is 9.76. The molecule has 8 heteroatoms. The van der Waals surface area contributed by atoms with E-state index in [1.54, 1.807) is 6.33 Å². The zero-order chi connectivity index (χ0) is 24.8. The van der Waals surface area contributed by atoms with E-state index in [-0.39, 0.29) is 17.8 Å². The zero-order valence-corrected chi connectivity index (χ0v) is 23.1. The van der Waals surface area contributed by atoms with Crippen molar-refractivity contribution in [3.05, 3.63) is 68.8 Å². The molecule has 0 spiro atoms. The molecule has 0 aliphatic heterocycles. The lowest BCUT2D eigenvalue weighted by Crippen LogP contribution is -2.23. The highest BCUT2D eigenvalue weighted by Gasteiger charge is 2.34. The van der Waals surface area contributed by atoms with Gasteiger partial charge in [-0.25, -0.2) is 9.97 Å². The molecule has 2 N–H and O–H groups in total. The van der Waals surface area contributed by atoms with Crippen LogP contribution in [0.4, 0.5) is 0 Å². The van der Waals surface area contributed by atoms with E-state index in [1.165, 1.54) is 19.3 Å². The van der Waals surface area contributed by atoms with Gasteiger partial charge < -0.3 is 19.0 Å². The van der Waals surface area contributed by atoms with Gasteiger partial charge in [0.2, 0.25) is 0 Å². The fourth-order valence-corrected chi connectivity index (χ4v) is 7.65. The molecule has 190 valence electrons.